The Bertz CT molecular complexity index is 805. The summed E-state index contributed by atoms with van der Waals surface area (Å²) in [6, 6.07) is 13.9. The minimum absolute atomic E-state index is 0.0717. The van der Waals surface area contributed by atoms with Crippen LogP contribution in [0.3, 0.4) is 0 Å². The summed E-state index contributed by atoms with van der Waals surface area (Å²) in [6.07, 6.45) is 1.70. The maximum absolute atomic E-state index is 12.2. The number of hydrogen-bond acceptors (Lipinski definition) is 2. The third-order valence-corrected chi connectivity index (χ3v) is 3.50. The third kappa shape index (κ3) is 2.79. The highest BCUT2D eigenvalue weighted by Crippen LogP contribution is 2.19. The molecular weight excluding hydrogens is 262 g/mol. The lowest BCUT2D eigenvalue weighted by atomic mass is 10.2. The molecule has 0 saturated heterocycles. The monoisotopic (exact) mass is 279 g/mol. The fourth-order valence-corrected chi connectivity index (χ4v) is 2.49. The first kappa shape index (κ1) is 13.4. The molecule has 0 spiro atoms. The number of carbonyl (C=O) groups excluding carboxylic acids is 1. The molecule has 4 heteroatoms. The zero-order valence-corrected chi connectivity index (χ0v) is 12.1. The van der Waals surface area contributed by atoms with Crippen molar-refractivity contribution in [3.8, 4) is 0 Å². The normalized spacial score (nSPS) is 10.8. The van der Waals surface area contributed by atoms with Gasteiger partial charge in [-0.15, -0.1) is 0 Å². The van der Waals surface area contributed by atoms with E-state index in [1.807, 2.05) is 48.7 Å². The van der Waals surface area contributed by atoms with Crippen LogP contribution in [0.25, 0.3) is 10.9 Å². The fraction of sp³-hybridized carbons (Fsp3) is 0.176. The molecule has 0 fully saturated rings. The molecule has 21 heavy (non-hydrogen) atoms. The number of anilines is 1. The van der Waals surface area contributed by atoms with Gasteiger partial charge in [-0.25, -0.2) is 4.98 Å². The summed E-state index contributed by atoms with van der Waals surface area (Å²) >= 11 is 0. The van der Waals surface area contributed by atoms with Crippen LogP contribution in [-0.4, -0.2) is 15.5 Å². The van der Waals surface area contributed by atoms with Gasteiger partial charge in [-0.3, -0.25) is 4.79 Å². The molecule has 0 aliphatic rings. The van der Waals surface area contributed by atoms with Crippen molar-refractivity contribution in [2.45, 2.75) is 20.4 Å². The fourth-order valence-electron chi connectivity index (χ4n) is 2.49. The van der Waals surface area contributed by atoms with E-state index in [0.717, 1.165) is 22.2 Å². The van der Waals surface area contributed by atoms with Crippen LogP contribution >= 0.6 is 0 Å². The molecule has 0 saturated carbocycles. The van der Waals surface area contributed by atoms with Crippen LogP contribution in [0.4, 0.5) is 5.82 Å². The zero-order valence-electron chi connectivity index (χ0n) is 12.1. The number of rotatable bonds is 3. The molecule has 3 aromatic rings. The van der Waals surface area contributed by atoms with Crippen molar-refractivity contribution in [3.63, 3.8) is 0 Å². The van der Waals surface area contributed by atoms with E-state index in [1.54, 1.807) is 6.20 Å². The van der Waals surface area contributed by atoms with Gasteiger partial charge in [0, 0.05) is 17.4 Å². The SMILES string of the molecule is Cc1ccnc(NC(=O)Cn2c(C)cc3ccccc32)c1. The second-order valence-corrected chi connectivity index (χ2v) is 5.20. The number of fused-ring (bicyclic) bond motifs is 1. The van der Waals surface area contributed by atoms with Gasteiger partial charge in [0.2, 0.25) is 5.91 Å². The lowest BCUT2D eigenvalue weighted by Gasteiger charge is -2.09. The second kappa shape index (κ2) is 5.40. The second-order valence-electron chi connectivity index (χ2n) is 5.20. The van der Waals surface area contributed by atoms with Gasteiger partial charge in [0.15, 0.2) is 0 Å². The number of aromatic nitrogens is 2. The lowest BCUT2D eigenvalue weighted by molar-refractivity contribution is -0.116. The predicted molar refractivity (Wildman–Crippen MR) is 84.3 cm³/mol. The molecule has 0 atom stereocenters. The van der Waals surface area contributed by atoms with Crippen molar-refractivity contribution in [2.75, 3.05) is 5.32 Å². The van der Waals surface area contributed by atoms with E-state index in [0.29, 0.717) is 5.82 Å². The summed E-state index contributed by atoms with van der Waals surface area (Å²) in [7, 11) is 0. The number of nitrogens with zero attached hydrogens (tertiary/aromatic N) is 2. The Morgan fingerprint density at radius 3 is 2.81 bits per heavy atom. The first-order valence-corrected chi connectivity index (χ1v) is 6.91. The molecule has 0 aliphatic heterocycles. The summed E-state index contributed by atoms with van der Waals surface area (Å²) < 4.78 is 2.01. The van der Waals surface area contributed by atoms with E-state index in [2.05, 4.69) is 22.4 Å². The van der Waals surface area contributed by atoms with Crippen molar-refractivity contribution < 1.29 is 4.79 Å². The van der Waals surface area contributed by atoms with Crippen molar-refractivity contribution in [2.24, 2.45) is 0 Å². The molecule has 0 unspecified atom stereocenters. The predicted octanol–water partition coefficient (Wildman–Crippen LogP) is 3.29. The Hall–Kier alpha value is -2.62. The molecule has 0 aliphatic carbocycles. The highest BCUT2D eigenvalue weighted by Gasteiger charge is 2.10. The van der Waals surface area contributed by atoms with Gasteiger partial charge in [0.1, 0.15) is 12.4 Å². The highest BCUT2D eigenvalue weighted by molar-refractivity contribution is 5.91. The molecule has 1 N–H and O–H groups in total. The Labute approximate surface area is 123 Å². The summed E-state index contributed by atoms with van der Waals surface area (Å²) in [5, 5.41) is 3.99. The Morgan fingerprint density at radius 2 is 2.00 bits per heavy atom. The van der Waals surface area contributed by atoms with Crippen LogP contribution in [0.1, 0.15) is 11.3 Å². The van der Waals surface area contributed by atoms with E-state index >= 15 is 0 Å². The molecule has 106 valence electrons. The Morgan fingerprint density at radius 1 is 1.19 bits per heavy atom. The summed E-state index contributed by atoms with van der Waals surface area (Å²) in [5.74, 6) is 0.520. The van der Waals surface area contributed by atoms with Crippen LogP contribution in [0.15, 0.2) is 48.7 Å². The van der Waals surface area contributed by atoms with Crippen LogP contribution in [0.2, 0.25) is 0 Å². The number of hydrogen-bond donors (Lipinski definition) is 1. The summed E-state index contributed by atoms with van der Waals surface area (Å²) in [6.45, 7) is 4.27. The number of benzene rings is 1. The molecule has 1 amide bonds. The largest absolute Gasteiger partial charge is 0.335 e. The smallest absolute Gasteiger partial charge is 0.245 e. The van der Waals surface area contributed by atoms with Crippen molar-refractivity contribution in [3.05, 3.63) is 59.9 Å². The number of aryl methyl sites for hydroxylation is 2. The average molecular weight is 279 g/mol. The average Bonchev–Trinajstić information content (AvgIpc) is 2.75. The first-order chi connectivity index (χ1) is 10.1. The van der Waals surface area contributed by atoms with E-state index in [1.165, 1.54) is 0 Å². The number of pyridine rings is 1. The number of nitrogens with one attached hydrogen (secondary N) is 1. The maximum atomic E-state index is 12.2. The maximum Gasteiger partial charge on any atom is 0.245 e. The van der Waals surface area contributed by atoms with Crippen LogP contribution in [0, 0.1) is 13.8 Å². The zero-order chi connectivity index (χ0) is 14.8. The van der Waals surface area contributed by atoms with Gasteiger partial charge in [-0.1, -0.05) is 18.2 Å². The molecule has 3 rings (SSSR count). The number of carbonyl (C=O) groups is 1. The van der Waals surface area contributed by atoms with E-state index in [4.69, 9.17) is 0 Å². The highest BCUT2D eigenvalue weighted by atomic mass is 16.2. The molecular formula is C17H17N3O. The van der Waals surface area contributed by atoms with Gasteiger partial charge in [0.25, 0.3) is 0 Å². The molecule has 0 bridgehead atoms. The standard InChI is InChI=1S/C17H17N3O/c1-12-7-8-18-16(9-12)19-17(21)11-20-13(2)10-14-5-3-4-6-15(14)20/h3-10H,11H2,1-2H3,(H,18,19,21). The third-order valence-electron chi connectivity index (χ3n) is 3.50. The molecule has 1 aromatic carbocycles. The van der Waals surface area contributed by atoms with E-state index in [9.17, 15) is 4.79 Å². The first-order valence-electron chi connectivity index (χ1n) is 6.91. The van der Waals surface area contributed by atoms with Gasteiger partial charge < -0.3 is 9.88 Å². The summed E-state index contributed by atoms with van der Waals surface area (Å²) in [4.78, 5) is 16.4. The van der Waals surface area contributed by atoms with Gasteiger partial charge >= 0.3 is 0 Å². The van der Waals surface area contributed by atoms with Crippen LogP contribution < -0.4 is 5.32 Å². The van der Waals surface area contributed by atoms with Crippen LogP contribution in [0.5, 0.6) is 0 Å². The minimum atomic E-state index is -0.0717. The Kier molecular flexibility index (Phi) is 3.44. The lowest BCUT2D eigenvalue weighted by Crippen LogP contribution is -2.19. The minimum Gasteiger partial charge on any atom is -0.335 e. The van der Waals surface area contributed by atoms with Crippen molar-refractivity contribution >= 4 is 22.6 Å². The molecule has 2 aromatic heterocycles. The Balaban J connectivity index is 1.82. The van der Waals surface area contributed by atoms with Gasteiger partial charge in [-0.05, 0) is 49.1 Å². The molecule has 2 heterocycles. The van der Waals surface area contributed by atoms with Crippen molar-refractivity contribution in [1.82, 2.24) is 9.55 Å². The van der Waals surface area contributed by atoms with E-state index < -0.39 is 0 Å². The van der Waals surface area contributed by atoms with Gasteiger partial charge in [0.05, 0.1) is 0 Å². The van der Waals surface area contributed by atoms with Gasteiger partial charge in [-0.2, -0.15) is 0 Å². The van der Waals surface area contributed by atoms with Crippen LogP contribution in [-0.2, 0) is 11.3 Å². The topological polar surface area (TPSA) is 46.9 Å². The summed E-state index contributed by atoms with van der Waals surface area (Å²) in [5.41, 5.74) is 3.22. The van der Waals surface area contributed by atoms with E-state index in [-0.39, 0.29) is 12.5 Å². The van der Waals surface area contributed by atoms with Crippen molar-refractivity contribution in [1.29, 1.82) is 0 Å². The number of amides is 1. The number of para-hydroxylation sites is 1. The molecule has 0 radical (unpaired) electrons. The molecule has 4 nitrogen and oxygen atoms in total. The quantitative estimate of drug-likeness (QED) is 0.799.